The lowest BCUT2D eigenvalue weighted by atomic mass is 10.2. The van der Waals surface area contributed by atoms with Gasteiger partial charge in [-0.3, -0.25) is 9.52 Å². The minimum Gasteiger partial charge on any atom is -0.497 e. The van der Waals surface area contributed by atoms with Gasteiger partial charge in [-0.15, -0.1) is 0 Å². The van der Waals surface area contributed by atoms with Crippen molar-refractivity contribution in [2.75, 3.05) is 11.8 Å². The van der Waals surface area contributed by atoms with Crippen LogP contribution in [0.15, 0.2) is 18.2 Å². The molecular formula is C11H15NO5S. The quantitative estimate of drug-likeness (QED) is 0.841. The van der Waals surface area contributed by atoms with Gasteiger partial charge in [0.25, 0.3) is 0 Å². The summed E-state index contributed by atoms with van der Waals surface area (Å²) < 4.78 is 30.8. The molecule has 1 unspecified atom stereocenters. The van der Waals surface area contributed by atoms with Gasteiger partial charge in [0.1, 0.15) is 5.75 Å². The van der Waals surface area contributed by atoms with Crippen molar-refractivity contribution in [2.45, 2.75) is 19.1 Å². The van der Waals surface area contributed by atoms with Crippen LogP contribution in [0.3, 0.4) is 0 Å². The summed E-state index contributed by atoms with van der Waals surface area (Å²) in [5, 5.41) is 7.20. The van der Waals surface area contributed by atoms with Crippen molar-refractivity contribution in [1.82, 2.24) is 0 Å². The normalized spacial score (nSPS) is 12.8. The summed E-state index contributed by atoms with van der Waals surface area (Å²) in [4.78, 5) is 10.7. The maximum absolute atomic E-state index is 11.8. The Hall–Kier alpha value is -1.76. The summed E-state index contributed by atoms with van der Waals surface area (Å²) >= 11 is 0. The number of hydrogen-bond acceptors (Lipinski definition) is 4. The molecule has 0 saturated carbocycles. The topological polar surface area (TPSA) is 92.7 Å². The van der Waals surface area contributed by atoms with Crippen LogP contribution < -0.4 is 9.46 Å². The number of nitrogens with one attached hydrogen (secondary N) is 1. The van der Waals surface area contributed by atoms with Crippen LogP contribution in [-0.2, 0) is 14.8 Å². The first-order valence-corrected chi connectivity index (χ1v) is 6.71. The first-order valence-electron chi connectivity index (χ1n) is 5.17. The van der Waals surface area contributed by atoms with Crippen LogP contribution >= 0.6 is 0 Å². The molecule has 0 aliphatic carbocycles. The van der Waals surface area contributed by atoms with Crippen LogP contribution in [0.4, 0.5) is 5.69 Å². The van der Waals surface area contributed by atoms with Gasteiger partial charge in [-0.05, 0) is 25.5 Å². The molecule has 0 fully saturated rings. The highest BCUT2D eigenvalue weighted by Crippen LogP contribution is 2.23. The highest BCUT2D eigenvalue weighted by molar-refractivity contribution is 7.94. The Kier molecular flexibility index (Phi) is 4.18. The number of aryl methyl sites for hydroxylation is 1. The van der Waals surface area contributed by atoms with Gasteiger partial charge >= 0.3 is 5.97 Å². The molecule has 1 aromatic carbocycles. The van der Waals surface area contributed by atoms with Crippen molar-refractivity contribution in [3.8, 4) is 5.75 Å². The predicted octanol–water partition coefficient (Wildman–Crippen LogP) is 1.22. The van der Waals surface area contributed by atoms with E-state index < -0.39 is 21.2 Å². The van der Waals surface area contributed by atoms with E-state index in [1.54, 1.807) is 19.1 Å². The molecule has 1 aromatic rings. The van der Waals surface area contributed by atoms with E-state index in [1.165, 1.54) is 13.2 Å². The van der Waals surface area contributed by atoms with E-state index in [0.29, 0.717) is 17.0 Å². The molecular weight excluding hydrogens is 258 g/mol. The first-order chi connectivity index (χ1) is 8.27. The lowest BCUT2D eigenvalue weighted by Crippen LogP contribution is -2.32. The summed E-state index contributed by atoms with van der Waals surface area (Å²) in [6.45, 7) is 2.82. The molecule has 0 radical (unpaired) electrons. The molecule has 2 N–H and O–H groups in total. The lowest BCUT2D eigenvalue weighted by molar-refractivity contribution is -0.136. The smallest absolute Gasteiger partial charge is 0.323 e. The van der Waals surface area contributed by atoms with Gasteiger partial charge in [-0.1, -0.05) is 6.07 Å². The van der Waals surface area contributed by atoms with Crippen LogP contribution in [0, 0.1) is 6.92 Å². The first kappa shape index (κ1) is 14.3. The molecule has 1 rings (SSSR count). The molecule has 0 saturated heterocycles. The number of hydrogen-bond donors (Lipinski definition) is 2. The van der Waals surface area contributed by atoms with Crippen LogP contribution in [0.2, 0.25) is 0 Å². The number of ether oxygens (including phenoxy) is 1. The number of carboxylic acid groups (broad SMARTS) is 1. The minimum atomic E-state index is -3.97. The Labute approximate surface area is 106 Å². The van der Waals surface area contributed by atoms with Crippen molar-refractivity contribution >= 4 is 21.7 Å². The number of rotatable bonds is 5. The zero-order chi connectivity index (χ0) is 13.9. The second-order valence-corrected chi connectivity index (χ2v) is 5.81. The number of carboxylic acids is 1. The Balaban J connectivity index is 3.07. The van der Waals surface area contributed by atoms with Crippen molar-refractivity contribution in [1.29, 1.82) is 0 Å². The highest BCUT2D eigenvalue weighted by Gasteiger charge is 2.28. The van der Waals surface area contributed by atoms with Crippen molar-refractivity contribution in [3.63, 3.8) is 0 Å². The third kappa shape index (κ3) is 3.13. The maximum atomic E-state index is 11.8. The summed E-state index contributed by atoms with van der Waals surface area (Å²) in [6, 6.07) is 4.87. The Morgan fingerprint density at radius 2 is 2.06 bits per heavy atom. The fourth-order valence-corrected chi connectivity index (χ4v) is 2.18. The van der Waals surface area contributed by atoms with Gasteiger partial charge in [0.05, 0.1) is 12.8 Å². The summed E-state index contributed by atoms with van der Waals surface area (Å²) in [5.41, 5.74) is 0.986. The van der Waals surface area contributed by atoms with Crippen LogP contribution in [0.5, 0.6) is 5.75 Å². The fourth-order valence-electron chi connectivity index (χ4n) is 1.21. The van der Waals surface area contributed by atoms with E-state index >= 15 is 0 Å². The van der Waals surface area contributed by atoms with Gasteiger partial charge in [-0.25, -0.2) is 8.42 Å². The number of aliphatic carboxylic acids is 1. The van der Waals surface area contributed by atoms with Crippen molar-refractivity contribution in [2.24, 2.45) is 0 Å². The van der Waals surface area contributed by atoms with Gasteiger partial charge < -0.3 is 9.84 Å². The van der Waals surface area contributed by atoms with E-state index in [4.69, 9.17) is 9.84 Å². The molecule has 0 aliphatic rings. The van der Waals surface area contributed by atoms with Crippen molar-refractivity contribution in [3.05, 3.63) is 23.8 Å². The fraction of sp³-hybridized carbons (Fsp3) is 0.364. The SMILES string of the molecule is COc1ccc(C)c(NS(=O)(=O)C(C)C(=O)O)c1. The molecule has 1 atom stereocenters. The van der Waals surface area contributed by atoms with Crippen LogP contribution in [-0.4, -0.2) is 31.9 Å². The third-order valence-corrected chi connectivity index (χ3v) is 4.15. The molecule has 6 nitrogen and oxygen atoms in total. The molecule has 0 spiro atoms. The largest absolute Gasteiger partial charge is 0.497 e. The van der Waals surface area contributed by atoms with E-state index in [-0.39, 0.29) is 0 Å². The third-order valence-electron chi connectivity index (χ3n) is 2.51. The minimum absolute atomic E-state index is 0.308. The monoisotopic (exact) mass is 273 g/mol. The summed E-state index contributed by atoms with van der Waals surface area (Å²) in [7, 11) is -2.50. The number of carbonyl (C=O) groups is 1. The zero-order valence-corrected chi connectivity index (χ0v) is 11.1. The lowest BCUT2D eigenvalue weighted by Gasteiger charge is -2.14. The molecule has 0 aliphatic heterocycles. The van der Waals surface area contributed by atoms with Crippen molar-refractivity contribution < 1.29 is 23.1 Å². The number of anilines is 1. The van der Waals surface area contributed by atoms with Crippen LogP contribution in [0.25, 0.3) is 0 Å². The summed E-state index contributed by atoms with van der Waals surface area (Å²) in [6.07, 6.45) is 0. The van der Waals surface area contributed by atoms with Gasteiger partial charge in [0.15, 0.2) is 5.25 Å². The molecule has 0 amide bonds. The van der Waals surface area contributed by atoms with Gasteiger partial charge in [0.2, 0.25) is 10.0 Å². The number of methoxy groups -OCH3 is 1. The second kappa shape index (κ2) is 5.26. The Bertz CT molecular complexity index is 553. The van der Waals surface area contributed by atoms with E-state index in [0.717, 1.165) is 6.92 Å². The van der Waals surface area contributed by atoms with Crippen LogP contribution in [0.1, 0.15) is 12.5 Å². The Morgan fingerprint density at radius 1 is 1.44 bits per heavy atom. The highest BCUT2D eigenvalue weighted by atomic mass is 32.2. The van der Waals surface area contributed by atoms with Gasteiger partial charge in [-0.2, -0.15) is 0 Å². The van der Waals surface area contributed by atoms with E-state index in [1.807, 2.05) is 0 Å². The molecule has 0 heterocycles. The molecule has 18 heavy (non-hydrogen) atoms. The Morgan fingerprint density at radius 3 is 2.56 bits per heavy atom. The zero-order valence-electron chi connectivity index (χ0n) is 10.3. The molecule has 100 valence electrons. The van der Waals surface area contributed by atoms with E-state index in [9.17, 15) is 13.2 Å². The number of benzene rings is 1. The van der Waals surface area contributed by atoms with Gasteiger partial charge in [0, 0.05) is 6.07 Å². The average Bonchev–Trinajstić information content (AvgIpc) is 2.30. The molecule has 0 aromatic heterocycles. The molecule has 7 heteroatoms. The second-order valence-electron chi connectivity index (χ2n) is 3.81. The van der Waals surface area contributed by atoms with E-state index in [2.05, 4.69) is 4.72 Å². The predicted molar refractivity (Wildman–Crippen MR) is 67.4 cm³/mol. The maximum Gasteiger partial charge on any atom is 0.323 e. The average molecular weight is 273 g/mol. The molecule has 0 bridgehead atoms. The summed E-state index contributed by atoms with van der Waals surface area (Å²) in [5.74, 6) is -0.913. The number of sulfonamides is 1. The standard InChI is InChI=1S/C11H15NO5S/c1-7-4-5-9(17-3)6-10(7)12-18(15,16)8(2)11(13)14/h4-6,8,12H,1-3H3,(H,13,14).